The van der Waals surface area contributed by atoms with Gasteiger partial charge in [0.15, 0.2) is 6.61 Å². The van der Waals surface area contributed by atoms with E-state index in [-0.39, 0.29) is 18.7 Å². The zero-order valence-corrected chi connectivity index (χ0v) is 16.8. The van der Waals surface area contributed by atoms with E-state index in [1.165, 1.54) is 6.07 Å². The van der Waals surface area contributed by atoms with Crippen molar-refractivity contribution in [2.75, 3.05) is 17.2 Å². The van der Waals surface area contributed by atoms with Gasteiger partial charge < -0.3 is 15.4 Å². The van der Waals surface area contributed by atoms with E-state index in [0.717, 1.165) is 17.7 Å². The van der Waals surface area contributed by atoms with Gasteiger partial charge in [0.25, 0.3) is 5.91 Å². The first-order valence-electron chi connectivity index (χ1n) is 8.67. The third-order valence-corrected chi connectivity index (χ3v) is 4.36. The Bertz CT molecular complexity index is 871. The van der Waals surface area contributed by atoms with Gasteiger partial charge in [0.05, 0.1) is 17.1 Å². The first-order chi connectivity index (χ1) is 13.4. The summed E-state index contributed by atoms with van der Waals surface area (Å²) in [4.78, 5) is 35.6. The van der Waals surface area contributed by atoms with E-state index in [0.29, 0.717) is 15.7 Å². The summed E-state index contributed by atoms with van der Waals surface area (Å²) in [6.45, 7) is 1.51. The van der Waals surface area contributed by atoms with Crippen LogP contribution in [0.15, 0.2) is 42.5 Å². The van der Waals surface area contributed by atoms with E-state index in [1.807, 2.05) is 25.1 Å². The van der Waals surface area contributed by atoms with Crippen molar-refractivity contribution in [1.29, 1.82) is 0 Å². The Labute approximate surface area is 173 Å². The predicted molar refractivity (Wildman–Crippen MR) is 110 cm³/mol. The Morgan fingerprint density at radius 3 is 2.39 bits per heavy atom. The summed E-state index contributed by atoms with van der Waals surface area (Å²) in [7, 11) is 0. The molecule has 0 saturated heterocycles. The predicted octanol–water partition coefficient (Wildman–Crippen LogP) is 4.46. The summed E-state index contributed by atoms with van der Waals surface area (Å²) >= 11 is 11.8. The Morgan fingerprint density at radius 1 is 0.929 bits per heavy atom. The number of nitrogens with one attached hydrogen (secondary N) is 2. The molecule has 2 aromatic carbocycles. The Hall–Kier alpha value is -2.57. The number of esters is 1. The van der Waals surface area contributed by atoms with Crippen molar-refractivity contribution in [3.63, 3.8) is 0 Å². The number of benzene rings is 2. The molecule has 0 aliphatic heterocycles. The van der Waals surface area contributed by atoms with Crippen molar-refractivity contribution in [3.8, 4) is 0 Å². The topological polar surface area (TPSA) is 84.5 Å². The standard InChI is InChI=1S/C20H20Cl2N2O4/c1-2-13-5-3-4-6-16(13)23-18(25)9-10-20(27)28-12-19(26)24-17-11-14(21)7-8-15(17)22/h3-8,11H,2,9-10,12H2,1H3,(H,23,25)(H,24,26). The SMILES string of the molecule is CCc1ccccc1NC(=O)CCC(=O)OCC(=O)Nc1cc(Cl)ccc1Cl. The molecule has 2 amide bonds. The molecule has 8 heteroatoms. The maximum Gasteiger partial charge on any atom is 0.306 e. The summed E-state index contributed by atoms with van der Waals surface area (Å²) in [6, 6.07) is 12.1. The van der Waals surface area contributed by atoms with E-state index in [4.69, 9.17) is 27.9 Å². The number of hydrogen-bond acceptors (Lipinski definition) is 4. The molecule has 6 nitrogen and oxygen atoms in total. The zero-order chi connectivity index (χ0) is 20.5. The second-order valence-electron chi connectivity index (χ2n) is 5.89. The lowest BCUT2D eigenvalue weighted by Crippen LogP contribution is -2.22. The third kappa shape index (κ3) is 6.87. The first kappa shape index (κ1) is 21.7. The number of rotatable bonds is 8. The molecular formula is C20H20Cl2N2O4. The molecule has 2 rings (SSSR count). The highest BCUT2D eigenvalue weighted by molar-refractivity contribution is 6.35. The van der Waals surface area contributed by atoms with Crippen LogP contribution in [0.25, 0.3) is 0 Å². The number of carbonyl (C=O) groups is 3. The van der Waals surface area contributed by atoms with Crippen LogP contribution in [0.3, 0.4) is 0 Å². The van der Waals surface area contributed by atoms with Gasteiger partial charge in [0.1, 0.15) is 0 Å². The van der Waals surface area contributed by atoms with Crippen molar-refractivity contribution in [2.45, 2.75) is 26.2 Å². The molecule has 0 aromatic heterocycles. The Kier molecular flexibility index (Phi) is 8.29. The largest absolute Gasteiger partial charge is 0.456 e. The van der Waals surface area contributed by atoms with Gasteiger partial charge in [-0.15, -0.1) is 0 Å². The minimum atomic E-state index is -0.647. The molecule has 0 heterocycles. The second-order valence-corrected chi connectivity index (χ2v) is 6.74. The van der Waals surface area contributed by atoms with E-state index in [9.17, 15) is 14.4 Å². The number of anilines is 2. The fraction of sp³-hybridized carbons (Fsp3) is 0.250. The number of carbonyl (C=O) groups excluding carboxylic acids is 3. The van der Waals surface area contributed by atoms with Crippen molar-refractivity contribution < 1.29 is 19.1 Å². The van der Waals surface area contributed by atoms with Gasteiger partial charge in [-0.2, -0.15) is 0 Å². The fourth-order valence-electron chi connectivity index (χ4n) is 2.38. The lowest BCUT2D eigenvalue weighted by molar-refractivity contribution is -0.147. The molecule has 28 heavy (non-hydrogen) atoms. The quantitative estimate of drug-likeness (QED) is 0.615. The van der Waals surface area contributed by atoms with Gasteiger partial charge in [-0.05, 0) is 36.2 Å². The summed E-state index contributed by atoms with van der Waals surface area (Å²) in [5.41, 5.74) is 2.06. The number of halogens is 2. The highest BCUT2D eigenvalue weighted by Crippen LogP contribution is 2.25. The maximum atomic E-state index is 12.0. The van der Waals surface area contributed by atoms with E-state index in [2.05, 4.69) is 10.6 Å². The van der Waals surface area contributed by atoms with E-state index in [1.54, 1.807) is 18.2 Å². The molecule has 0 aliphatic rings. The number of amides is 2. The maximum absolute atomic E-state index is 12.0. The fourth-order valence-corrected chi connectivity index (χ4v) is 2.71. The Balaban J connectivity index is 1.74. The molecule has 2 N–H and O–H groups in total. The molecule has 2 aromatic rings. The third-order valence-electron chi connectivity index (χ3n) is 3.80. The van der Waals surface area contributed by atoms with Crippen LogP contribution in [-0.2, 0) is 25.5 Å². The first-order valence-corrected chi connectivity index (χ1v) is 9.43. The number of aryl methyl sites for hydroxylation is 1. The van der Waals surface area contributed by atoms with Gasteiger partial charge in [-0.3, -0.25) is 14.4 Å². The van der Waals surface area contributed by atoms with Crippen LogP contribution in [0.2, 0.25) is 10.0 Å². The summed E-state index contributed by atoms with van der Waals surface area (Å²) in [6.07, 6.45) is 0.605. The minimum absolute atomic E-state index is 0.0430. The van der Waals surface area contributed by atoms with Crippen LogP contribution >= 0.6 is 23.2 Å². The highest BCUT2D eigenvalue weighted by atomic mass is 35.5. The second kappa shape index (κ2) is 10.7. The van der Waals surface area contributed by atoms with Crippen LogP contribution < -0.4 is 10.6 Å². The number of hydrogen-bond donors (Lipinski definition) is 2. The van der Waals surface area contributed by atoms with Gasteiger partial charge in [-0.1, -0.05) is 48.3 Å². The molecule has 0 unspecified atom stereocenters. The molecule has 0 radical (unpaired) electrons. The smallest absolute Gasteiger partial charge is 0.306 e. The Morgan fingerprint density at radius 2 is 1.64 bits per heavy atom. The average molecular weight is 423 g/mol. The minimum Gasteiger partial charge on any atom is -0.456 e. The number of para-hydroxylation sites is 1. The van der Waals surface area contributed by atoms with Crippen LogP contribution in [-0.4, -0.2) is 24.4 Å². The molecule has 0 aliphatic carbocycles. The van der Waals surface area contributed by atoms with Crippen molar-refractivity contribution in [1.82, 2.24) is 0 Å². The van der Waals surface area contributed by atoms with Crippen LogP contribution in [0.4, 0.5) is 11.4 Å². The lowest BCUT2D eigenvalue weighted by atomic mass is 10.1. The average Bonchev–Trinajstić information content (AvgIpc) is 2.68. The van der Waals surface area contributed by atoms with Crippen LogP contribution in [0, 0.1) is 0 Å². The molecule has 0 atom stereocenters. The van der Waals surface area contributed by atoms with Crippen molar-refractivity contribution in [3.05, 3.63) is 58.1 Å². The molecular weight excluding hydrogens is 403 g/mol. The lowest BCUT2D eigenvalue weighted by Gasteiger charge is -2.10. The van der Waals surface area contributed by atoms with E-state index >= 15 is 0 Å². The van der Waals surface area contributed by atoms with Crippen LogP contribution in [0.5, 0.6) is 0 Å². The zero-order valence-electron chi connectivity index (χ0n) is 15.3. The van der Waals surface area contributed by atoms with Gasteiger partial charge in [0.2, 0.25) is 5.91 Å². The monoisotopic (exact) mass is 422 g/mol. The summed E-state index contributed by atoms with van der Waals surface area (Å²) in [5, 5.41) is 6.00. The molecule has 148 valence electrons. The van der Waals surface area contributed by atoms with E-state index < -0.39 is 18.5 Å². The molecule has 0 bridgehead atoms. The molecule has 0 spiro atoms. The van der Waals surface area contributed by atoms with Crippen molar-refractivity contribution >= 4 is 52.4 Å². The molecule has 0 saturated carbocycles. The summed E-state index contributed by atoms with van der Waals surface area (Å²) in [5.74, 6) is -1.50. The normalized spacial score (nSPS) is 10.2. The van der Waals surface area contributed by atoms with Crippen LogP contribution in [0.1, 0.15) is 25.3 Å². The number of ether oxygens (including phenoxy) is 1. The van der Waals surface area contributed by atoms with Gasteiger partial charge in [-0.25, -0.2) is 0 Å². The highest BCUT2D eigenvalue weighted by Gasteiger charge is 2.13. The molecule has 0 fully saturated rings. The van der Waals surface area contributed by atoms with Crippen molar-refractivity contribution in [2.24, 2.45) is 0 Å². The van der Waals surface area contributed by atoms with Gasteiger partial charge >= 0.3 is 5.97 Å². The summed E-state index contributed by atoms with van der Waals surface area (Å²) < 4.78 is 4.88. The van der Waals surface area contributed by atoms with Gasteiger partial charge in [0, 0.05) is 17.1 Å².